The maximum absolute atomic E-state index is 12.5. The van der Waals surface area contributed by atoms with Crippen molar-refractivity contribution in [2.75, 3.05) is 18.8 Å². The number of amides is 1. The molecule has 1 amide bonds. The van der Waals surface area contributed by atoms with Crippen LogP contribution in [0.3, 0.4) is 0 Å². The average Bonchev–Trinajstić information content (AvgIpc) is 3.01. The molecule has 0 saturated carbocycles. The normalized spacial score (nSPS) is 19.0. The number of rotatable bonds is 2. The topological polar surface area (TPSA) is 87.9 Å². The van der Waals surface area contributed by atoms with E-state index in [2.05, 4.69) is 15.2 Å². The van der Waals surface area contributed by atoms with Crippen LogP contribution in [0, 0.1) is 0 Å². The lowest BCUT2D eigenvalue weighted by Gasteiger charge is -2.32. The predicted octanol–water partition coefficient (Wildman–Crippen LogP) is 1.41. The average molecular weight is 271 g/mol. The number of carbonyl (C=O) groups is 1. The van der Waals surface area contributed by atoms with E-state index in [4.69, 9.17) is 5.73 Å². The van der Waals surface area contributed by atoms with Gasteiger partial charge in [-0.3, -0.25) is 9.89 Å². The van der Waals surface area contributed by atoms with Crippen LogP contribution in [-0.2, 0) is 0 Å². The third kappa shape index (κ3) is 2.36. The zero-order chi connectivity index (χ0) is 13.9. The number of nitrogen functional groups attached to an aromatic ring is 1. The SMILES string of the molecule is Nc1cccnc1C(=O)N1CCCC(c2ccn[nH]2)C1. The quantitative estimate of drug-likeness (QED) is 0.864. The van der Waals surface area contributed by atoms with Crippen LogP contribution >= 0.6 is 0 Å². The molecule has 20 heavy (non-hydrogen) atoms. The Labute approximate surface area is 117 Å². The van der Waals surface area contributed by atoms with Gasteiger partial charge in [0.2, 0.25) is 0 Å². The molecule has 2 aromatic rings. The van der Waals surface area contributed by atoms with Gasteiger partial charge in [0.05, 0.1) is 5.69 Å². The number of pyridine rings is 1. The number of hydrogen-bond donors (Lipinski definition) is 2. The molecule has 1 aliphatic heterocycles. The summed E-state index contributed by atoms with van der Waals surface area (Å²) in [6.07, 6.45) is 5.37. The van der Waals surface area contributed by atoms with Crippen LogP contribution < -0.4 is 5.73 Å². The van der Waals surface area contributed by atoms with Crippen molar-refractivity contribution in [2.24, 2.45) is 0 Å². The second-order valence-electron chi connectivity index (χ2n) is 5.04. The summed E-state index contributed by atoms with van der Waals surface area (Å²) in [5.41, 5.74) is 7.69. The van der Waals surface area contributed by atoms with Crippen molar-refractivity contribution in [1.29, 1.82) is 0 Å². The summed E-state index contributed by atoms with van der Waals surface area (Å²) in [7, 11) is 0. The molecule has 2 aromatic heterocycles. The number of aromatic nitrogens is 3. The molecule has 3 heterocycles. The summed E-state index contributed by atoms with van der Waals surface area (Å²) in [5, 5.41) is 6.97. The first-order chi connectivity index (χ1) is 9.75. The minimum atomic E-state index is -0.0904. The molecule has 1 saturated heterocycles. The van der Waals surface area contributed by atoms with E-state index in [1.54, 1.807) is 24.5 Å². The van der Waals surface area contributed by atoms with E-state index in [1.165, 1.54) is 0 Å². The van der Waals surface area contributed by atoms with Gasteiger partial charge in [0.15, 0.2) is 5.69 Å². The summed E-state index contributed by atoms with van der Waals surface area (Å²) >= 11 is 0. The van der Waals surface area contributed by atoms with Crippen LogP contribution in [0.2, 0.25) is 0 Å². The Morgan fingerprint density at radius 1 is 1.40 bits per heavy atom. The van der Waals surface area contributed by atoms with Gasteiger partial charge in [-0.1, -0.05) is 0 Å². The van der Waals surface area contributed by atoms with E-state index < -0.39 is 0 Å². The number of H-pyrrole nitrogens is 1. The van der Waals surface area contributed by atoms with E-state index in [0.717, 1.165) is 25.1 Å². The molecule has 1 fully saturated rings. The number of piperidine rings is 1. The predicted molar refractivity (Wildman–Crippen MR) is 75.1 cm³/mol. The van der Waals surface area contributed by atoms with E-state index in [9.17, 15) is 4.79 Å². The van der Waals surface area contributed by atoms with Crippen molar-refractivity contribution < 1.29 is 4.79 Å². The second-order valence-corrected chi connectivity index (χ2v) is 5.04. The molecule has 104 valence electrons. The Kier molecular flexibility index (Phi) is 3.37. The number of nitrogens with one attached hydrogen (secondary N) is 1. The number of hydrogen-bond acceptors (Lipinski definition) is 4. The molecule has 3 rings (SSSR count). The maximum Gasteiger partial charge on any atom is 0.274 e. The maximum atomic E-state index is 12.5. The highest BCUT2D eigenvalue weighted by Crippen LogP contribution is 2.26. The van der Waals surface area contributed by atoms with Crippen molar-refractivity contribution in [2.45, 2.75) is 18.8 Å². The van der Waals surface area contributed by atoms with Gasteiger partial charge >= 0.3 is 0 Å². The fourth-order valence-electron chi connectivity index (χ4n) is 2.66. The molecule has 1 unspecified atom stereocenters. The summed E-state index contributed by atoms with van der Waals surface area (Å²) in [6.45, 7) is 1.43. The molecular formula is C14H17N5O. The molecule has 6 heteroatoms. The van der Waals surface area contributed by atoms with Gasteiger partial charge in [0, 0.05) is 37.1 Å². The van der Waals surface area contributed by atoms with Crippen LogP contribution in [0.5, 0.6) is 0 Å². The lowest BCUT2D eigenvalue weighted by Crippen LogP contribution is -2.39. The third-order valence-corrected chi connectivity index (χ3v) is 3.71. The molecule has 0 aromatic carbocycles. The zero-order valence-corrected chi connectivity index (χ0v) is 11.1. The molecule has 0 spiro atoms. The second kappa shape index (κ2) is 5.32. The van der Waals surface area contributed by atoms with Crippen LogP contribution in [0.25, 0.3) is 0 Å². The van der Waals surface area contributed by atoms with Crippen LogP contribution in [-0.4, -0.2) is 39.1 Å². The fraction of sp³-hybridized carbons (Fsp3) is 0.357. The van der Waals surface area contributed by atoms with Crippen molar-refractivity contribution in [1.82, 2.24) is 20.1 Å². The highest BCUT2D eigenvalue weighted by atomic mass is 16.2. The summed E-state index contributed by atoms with van der Waals surface area (Å²) in [5.74, 6) is 0.215. The van der Waals surface area contributed by atoms with Crippen molar-refractivity contribution in [3.8, 4) is 0 Å². The highest BCUT2D eigenvalue weighted by Gasteiger charge is 2.27. The number of anilines is 1. The van der Waals surface area contributed by atoms with Crippen molar-refractivity contribution in [3.63, 3.8) is 0 Å². The van der Waals surface area contributed by atoms with E-state index in [-0.39, 0.29) is 5.91 Å². The first-order valence-corrected chi connectivity index (χ1v) is 6.74. The van der Waals surface area contributed by atoms with E-state index in [1.807, 2.05) is 11.0 Å². The molecule has 1 aliphatic rings. The van der Waals surface area contributed by atoms with Gasteiger partial charge < -0.3 is 10.6 Å². The number of nitrogens with zero attached hydrogens (tertiary/aromatic N) is 3. The molecule has 0 aliphatic carbocycles. The molecule has 1 atom stereocenters. The smallest absolute Gasteiger partial charge is 0.274 e. The summed E-state index contributed by atoms with van der Waals surface area (Å²) in [4.78, 5) is 18.4. The van der Waals surface area contributed by atoms with Gasteiger partial charge in [-0.25, -0.2) is 4.98 Å². The Morgan fingerprint density at radius 2 is 2.30 bits per heavy atom. The molecule has 0 bridgehead atoms. The Bertz CT molecular complexity index is 595. The first-order valence-electron chi connectivity index (χ1n) is 6.74. The molecular weight excluding hydrogens is 254 g/mol. The largest absolute Gasteiger partial charge is 0.397 e. The summed E-state index contributed by atoms with van der Waals surface area (Å²) in [6, 6.07) is 5.40. The Morgan fingerprint density at radius 3 is 3.05 bits per heavy atom. The lowest BCUT2D eigenvalue weighted by atomic mass is 9.94. The number of likely N-dealkylation sites (tertiary alicyclic amines) is 1. The zero-order valence-electron chi connectivity index (χ0n) is 11.1. The standard InChI is InChI=1S/C14H17N5O/c15-11-4-1-6-16-13(11)14(20)19-8-2-3-10(9-19)12-5-7-17-18-12/h1,4-7,10H,2-3,8-9,15H2,(H,17,18). The number of aromatic amines is 1. The monoisotopic (exact) mass is 271 g/mol. The minimum absolute atomic E-state index is 0.0904. The Balaban J connectivity index is 1.77. The van der Waals surface area contributed by atoms with Gasteiger partial charge in [-0.05, 0) is 31.0 Å². The van der Waals surface area contributed by atoms with Crippen LogP contribution in [0.1, 0.15) is 34.9 Å². The van der Waals surface area contributed by atoms with Gasteiger partial charge in [-0.15, -0.1) is 0 Å². The van der Waals surface area contributed by atoms with Gasteiger partial charge in [0.1, 0.15) is 0 Å². The number of carbonyl (C=O) groups excluding carboxylic acids is 1. The number of nitrogens with two attached hydrogens (primary N) is 1. The lowest BCUT2D eigenvalue weighted by molar-refractivity contribution is 0.0701. The first kappa shape index (κ1) is 12.7. The fourth-order valence-corrected chi connectivity index (χ4v) is 2.66. The summed E-state index contributed by atoms with van der Waals surface area (Å²) < 4.78 is 0. The van der Waals surface area contributed by atoms with E-state index >= 15 is 0 Å². The van der Waals surface area contributed by atoms with Crippen LogP contribution in [0.15, 0.2) is 30.6 Å². The van der Waals surface area contributed by atoms with E-state index in [0.29, 0.717) is 23.8 Å². The van der Waals surface area contributed by atoms with Gasteiger partial charge in [-0.2, -0.15) is 5.10 Å². The Hall–Kier alpha value is -2.37. The minimum Gasteiger partial charge on any atom is -0.397 e. The van der Waals surface area contributed by atoms with Gasteiger partial charge in [0.25, 0.3) is 5.91 Å². The molecule has 0 radical (unpaired) electrons. The van der Waals surface area contributed by atoms with Crippen molar-refractivity contribution in [3.05, 3.63) is 42.0 Å². The highest BCUT2D eigenvalue weighted by molar-refractivity contribution is 5.97. The molecule has 6 nitrogen and oxygen atoms in total. The van der Waals surface area contributed by atoms with Crippen molar-refractivity contribution >= 4 is 11.6 Å². The molecule has 3 N–H and O–H groups in total. The van der Waals surface area contributed by atoms with Crippen LogP contribution in [0.4, 0.5) is 5.69 Å². The third-order valence-electron chi connectivity index (χ3n) is 3.71.